The number of thiazole rings is 1. The molecule has 2 heterocycles. The third-order valence-electron chi connectivity index (χ3n) is 3.69. The van der Waals surface area contributed by atoms with Gasteiger partial charge in [0.25, 0.3) is 0 Å². The molecule has 0 radical (unpaired) electrons. The number of hydrogen-bond acceptors (Lipinski definition) is 4. The molecule has 0 saturated carbocycles. The van der Waals surface area contributed by atoms with Gasteiger partial charge in [0.05, 0.1) is 23.4 Å². The van der Waals surface area contributed by atoms with E-state index < -0.39 is 0 Å². The highest BCUT2D eigenvalue weighted by molar-refractivity contribution is 9.10. The van der Waals surface area contributed by atoms with Gasteiger partial charge in [0, 0.05) is 16.3 Å². The van der Waals surface area contributed by atoms with E-state index in [4.69, 9.17) is 4.74 Å². The van der Waals surface area contributed by atoms with Gasteiger partial charge in [-0.1, -0.05) is 22.9 Å². The molecular formula is C16H19BrN2OS. The Balaban J connectivity index is 1.90. The van der Waals surface area contributed by atoms with E-state index in [0.717, 1.165) is 46.9 Å². The number of benzene rings is 1. The van der Waals surface area contributed by atoms with Crippen molar-refractivity contribution in [3.63, 3.8) is 0 Å². The molecule has 1 aliphatic rings. The maximum atomic E-state index is 5.84. The lowest BCUT2D eigenvalue weighted by molar-refractivity contribution is 0.351. The minimum atomic E-state index is 0.238. The molecule has 1 unspecified atom stereocenters. The average molecular weight is 367 g/mol. The fourth-order valence-corrected chi connectivity index (χ4v) is 4.00. The van der Waals surface area contributed by atoms with Crippen molar-refractivity contribution >= 4 is 27.3 Å². The predicted octanol–water partition coefficient (Wildman–Crippen LogP) is 4.04. The summed E-state index contributed by atoms with van der Waals surface area (Å²) in [5.74, 6) is 1.08. The van der Waals surface area contributed by atoms with Crippen LogP contribution >= 0.6 is 27.3 Å². The average Bonchev–Trinajstić information content (AvgIpc) is 3.06. The molecule has 112 valence electrons. The first-order valence-electron chi connectivity index (χ1n) is 7.27. The van der Waals surface area contributed by atoms with Crippen LogP contribution in [0.15, 0.2) is 22.0 Å². The van der Waals surface area contributed by atoms with E-state index in [1.807, 2.05) is 0 Å². The summed E-state index contributed by atoms with van der Waals surface area (Å²) >= 11 is 5.32. The van der Waals surface area contributed by atoms with Crippen molar-refractivity contribution < 1.29 is 4.74 Å². The number of nitrogens with zero attached hydrogens (tertiary/aromatic N) is 1. The quantitative estimate of drug-likeness (QED) is 0.866. The first kappa shape index (κ1) is 15.0. The van der Waals surface area contributed by atoms with E-state index in [0.29, 0.717) is 0 Å². The van der Waals surface area contributed by atoms with Gasteiger partial charge in [-0.2, -0.15) is 0 Å². The summed E-state index contributed by atoms with van der Waals surface area (Å²) in [5.41, 5.74) is 3.70. The van der Waals surface area contributed by atoms with Crippen LogP contribution in [0.5, 0.6) is 5.75 Å². The van der Waals surface area contributed by atoms with E-state index in [-0.39, 0.29) is 6.04 Å². The Bertz CT molecular complexity index is 641. The van der Waals surface area contributed by atoms with Crippen LogP contribution in [0.3, 0.4) is 0 Å². The van der Waals surface area contributed by atoms with Gasteiger partial charge < -0.3 is 10.1 Å². The van der Waals surface area contributed by atoms with Crippen LogP contribution in [0.25, 0.3) is 0 Å². The van der Waals surface area contributed by atoms with Crippen LogP contribution < -0.4 is 10.1 Å². The fraction of sp³-hybridized carbons (Fsp3) is 0.438. The first-order chi connectivity index (χ1) is 10.2. The smallest absolute Gasteiger partial charge is 0.125 e. The molecule has 0 saturated heterocycles. The van der Waals surface area contributed by atoms with E-state index in [1.54, 1.807) is 11.3 Å². The molecule has 2 aromatic rings. The maximum absolute atomic E-state index is 5.84. The number of ether oxygens (including phenoxy) is 1. The maximum Gasteiger partial charge on any atom is 0.125 e. The zero-order chi connectivity index (χ0) is 14.8. The first-order valence-corrected chi connectivity index (χ1v) is 8.94. The van der Waals surface area contributed by atoms with Gasteiger partial charge in [-0.05, 0) is 43.1 Å². The molecule has 1 N–H and O–H groups in total. The summed E-state index contributed by atoms with van der Waals surface area (Å²) in [4.78, 5) is 4.65. The Morgan fingerprint density at radius 1 is 1.48 bits per heavy atom. The molecule has 1 atom stereocenters. The summed E-state index contributed by atoms with van der Waals surface area (Å²) in [5, 5.41) is 6.81. The number of hydrogen-bond donors (Lipinski definition) is 1. The third-order valence-corrected chi connectivity index (χ3v) is 4.94. The van der Waals surface area contributed by atoms with Crippen LogP contribution in [0.2, 0.25) is 0 Å². The van der Waals surface area contributed by atoms with Gasteiger partial charge in [0.15, 0.2) is 0 Å². The molecule has 1 aromatic carbocycles. The van der Waals surface area contributed by atoms with Crippen LogP contribution in [-0.4, -0.2) is 18.1 Å². The Labute approximate surface area is 137 Å². The van der Waals surface area contributed by atoms with Gasteiger partial charge >= 0.3 is 0 Å². The van der Waals surface area contributed by atoms with Crippen LogP contribution in [-0.2, 0) is 12.8 Å². The molecular weight excluding hydrogens is 348 g/mol. The van der Waals surface area contributed by atoms with Gasteiger partial charge in [-0.25, -0.2) is 4.98 Å². The van der Waals surface area contributed by atoms with Crippen LogP contribution in [0.4, 0.5) is 0 Å². The van der Waals surface area contributed by atoms with Gasteiger partial charge in [0.2, 0.25) is 0 Å². The second-order valence-corrected chi connectivity index (χ2v) is 7.24. The molecule has 1 aromatic heterocycles. The van der Waals surface area contributed by atoms with Gasteiger partial charge in [0.1, 0.15) is 5.75 Å². The topological polar surface area (TPSA) is 34.1 Å². The standard InChI is InChI=1S/C16H19BrN2OS/c1-3-18-14(15-9-21-10(2)19-15)8-12-7-13(17)6-11-4-5-20-16(11)12/h6-7,9,14,18H,3-5,8H2,1-2H3. The summed E-state index contributed by atoms with van der Waals surface area (Å²) in [6, 6.07) is 4.58. The normalized spacial score (nSPS) is 14.8. The molecule has 0 fully saturated rings. The SMILES string of the molecule is CCNC(Cc1cc(Br)cc2c1OCC2)c1csc(C)n1. The van der Waals surface area contributed by atoms with Crippen LogP contribution in [0, 0.1) is 6.92 Å². The molecule has 3 rings (SSSR count). The second-order valence-electron chi connectivity index (χ2n) is 5.26. The molecule has 0 bridgehead atoms. The van der Waals surface area contributed by atoms with E-state index in [2.05, 4.69) is 57.6 Å². The second kappa shape index (κ2) is 6.46. The summed E-state index contributed by atoms with van der Waals surface area (Å²) in [6.07, 6.45) is 1.91. The molecule has 5 heteroatoms. The zero-order valence-electron chi connectivity index (χ0n) is 12.3. The highest BCUT2D eigenvalue weighted by Crippen LogP contribution is 2.35. The van der Waals surface area contributed by atoms with E-state index >= 15 is 0 Å². The Hall–Kier alpha value is -0.910. The van der Waals surface area contributed by atoms with Gasteiger partial charge in [-0.15, -0.1) is 11.3 Å². The Morgan fingerprint density at radius 2 is 2.33 bits per heavy atom. The highest BCUT2D eigenvalue weighted by atomic mass is 79.9. The number of halogens is 1. The largest absolute Gasteiger partial charge is 0.493 e. The number of nitrogens with one attached hydrogen (secondary N) is 1. The lowest BCUT2D eigenvalue weighted by Crippen LogP contribution is -2.23. The van der Waals surface area contributed by atoms with Crippen molar-refractivity contribution in [3.05, 3.63) is 43.8 Å². The minimum Gasteiger partial charge on any atom is -0.493 e. The summed E-state index contributed by atoms with van der Waals surface area (Å²) in [7, 11) is 0. The molecule has 21 heavy (non-hydrogen) atoms. The van der Waals surface area contributed by atoms with E-state index in [9.17, 15) is 0 Å². The Morgan fingerprint density at radius 3 is 3.05 bits per heavy atom. The molecule has 0 spiro atoms. The summed E-state index contributed by atoms with van der Waals surface area (Å²) < 4.78 is 6.97. The number of fused-ring (bicyclic) bond motifs is 1. The van der Waals surface area contributed by atoms with Crippen LogP contribution in [0.1, 0.15) is 34.8 Å². The molecule has 0 amide bonds. The lowest BCUT2D eigenvalue weighted by atomic mass is 10.00. The monoisotopic (exact) mass is 366 g/mol. The lowest BCUT2D eigenvalue weighted by Gasteiger charge is -2.18. The van der Waals surface area contributed by atoms with Crippen molar-refractivity contribution in [1.29, 1.82) is 0 Å². The summed E-state index contributed by atoms with van der Waals surface area (Å²) in [6.45, 7) is 5.91. The number of aromatic nitrogens is 1. The Kier molecular flexibility index (Phi) is 4.62. The van der Waals surface area contributed by atoms with E-state index in [1.165, 1.54) is 11.1 Å². The van der Waals surface area contributed by atoms with Crippen molar-refractivity contribution in [2.75, 3.05) is 13.2 Å². The number of likely N-dealkylation sites (N-methyl/N-ethyl adjacent to an activating group) is 1. The van der Waals surface area contributed by atoms with Crippen molar-refractivity contribution in [3.8, 4) is 5.75 Å². The van der Waals surface area contributed by atoms with Crippen molar-refractivity contribution in [2.24, 2.45) is 0 Å². The minimum absolute atomic E-state index is 0.238. The molecule has 1 aliphatic heterocycles. The third kappa shape index (κ3) is 3.30. The zero-order valence-corrected chi connectivity index (χ0v) is 14.7. The number of rotatable bonds is 5. The highest BCUT2D eigenvalue weighted by Gasteiger charge is 2.21. The van der Waals surface area contributed by atoms with Crippen molar-refractivity contribution in [1.82, 2.24) is 10.3 Å². The fourth-order valence-electron chi connectivity index (χ4n) is 2.79. The van der Waals surface area contributed by atoms with Gasteiger partial charge in [-0.3, -0.25) is 0 Å². The number of aryl methyl sites for hydroxylation is 1. The van der Waals surface area contributed by atoms with Crippen molar-refractivity contribution in [2.45, 2.75) is 32.7 Å². The predicted molar refractivity (Wildman–Crippen MR) is 90.3 cm³/mol. The molecule has 0 aliphatic carbocycles. The molecule has 3 nitrogen and oxygen atoms in total.